The van der Waals surface area contributed by atoms with Gasteiger partial charge < -0.3 is 15.4 Å². The average Bonchev–Trinajstić information content (AvgIpc) is 2.49. The fraction of sp³-hybridized carbons (Fsp3) is 0.133. The quantitative estimate of drug-likeness (QED) is 0.863. The van der Waals surface area contributed by atoms with E-state index >= 15 is 0 Å². The molecule has 2 rings (SSSR count). The molecular weight excluding hydrogens is 339 g/mol. The molecule has 0 saturated heterocycles. The van der Waals surface area contributed by atoms with Gasteiger partial charge in [0.1, 0.15) is 11.6 Å². The summed E-state index contributed by atoms with van der Waals surface area (Å²) < 4.78 is 18.9. The summed E-state index contributed by atoms with van der Waals surface area (Å²) in [6.07, 6.45) is 0. The van der Waals surface area contributed by atoms with Crippen molar-refractivity contribution < 1.29 is 13.9 Å². The molecule has 0 bridgehead atoms. The first-order valence-electron chi connectivity index (χ1n) is 6.22. The van der Waals surface area contributed by atoms with Gasteiger partial charge in [-0.1, -0.05) is 12.1 Å². The third-order valence-electron chi connectivity index (χ3n) is 2.75. The fourth-order valence-corrected chi connectivity index (χ4v) is 1.98. The standard InChI is InChI=1S/C15H14BrFN2O2/c1-21-14-5-3-2-4-13(14)19-15(20)9-18-10-6-7-11(16)12(17)8-10/h2-8,18H,9H2,1H3,(H,19,20). The van der Waals surface area contributed by atoms with Crippen LogP contribution in [0.5, 0.6) is 5.75 Å². The Morgan fingerprint density at radius 2 is 2.05 bits per heavy atom. The second kappa shape index (κ2) is 7.08. The lowest BCUT2D eigenvalue weighted by molar-refractivity contribution is -0.114. The van der Waals surface area contributed by atoms with E-state index in [0.29, 0.717) is 21.6 Å². The molecule has 0 saturated carbocycles. The lowest BCUT2D eigenvalue weighted by atomic mass is 10.3. The van der Waals surface area contributed by atoms with Gasteiger partial charge >= 0.3 is 0 Å². The number of benzene rings is 2. The molecule has 110 valence electrons. The third-order valence-corrected chi connectivity index (χ3v) is 3.40. The van der Waals surface area contributed by atoms with Crippen LogP contribution in [-0.2, 0) is 4.79 Å². The van der Waals surface area contributed by atoms with Crippen LogP contribution < -0.4 is 15.4 Å². The van der Waals surface area contributed by atoms with Crippen molar-refractivity contribution in [2.75, 3.05) is 24.3 Å². The molecule has 0 radical (unpaired) electrons. The van der Waals surface area contributed by atoms with E-state index in [1.165, 1.54) is 13.2 Å². The Bertz CT molecular complexity index is 649. The van der Waals surface area contributed by atoms with Crippen LogP contribution in [-0.4, -0.2) is 19.6 Å². The molecule has 0 aromatic heterocycles. The Morgan fingerprint density at radius 3 is 2.76 bits per heavy atom. The maximum Gasteiger partial charge on any atom is 0.243 e. The number of carbonyl (C=O) groups is 1. The number of amides is 1. The van der Waals surface area contributed by atoms with Gasteiger partial charge in [-0.3, -0.25) is 4.79 Å². The van der Waals surface area contributed by atoms with E-state index in [2.05, 4.69) is 26.6 Å². The zero-order valence-corrected chi connectivity index (χ0v) is 12.9. The summed E-state index contributed by atoms with van der Waals surface area (Å²) in [5.74, 6) is -0.0477. The molecule has 0 aliphatic carbocycles. The monoisotopic (exact) mass is 352 g/mol. The SMILES string of the molecule is COc1ccccc1NC(=O)CNc1ccc(Br)c(F)c1. The molecule has 6 heteroatoms. The van der Waals surface area contributed by atoms with Crippen LogP contribution in [0.15, 0.2) is 46.9 Å². The van der Waals surface area contributed by atoms with Gasteiger partial charge in [0.25, 0.3) is 0 Å². The van der Waals surface area contributed by atoms with Gasteiger partial charge in [-0.25, -0.2) is 4.39 Å². The minimum Gasteiger partial charge on any atom is -0.495 e. The second-order valence-electron chi connectivity index (χ2n) is 4.23. The minimum absolute atomic E-state index is 0.0269. The lowest BCUT2D eigenvalue weighted by Crippen LogP contribution is -2.22. The maximum atomic E-state index is 13.3. The van der Waals surface area contributed by atoms with Crippen LogP contribution in [0.3, 0.4) is 0 Å². The molecule has 0 aliphatic rings. The highest BCUT2D eigenvalue weighted by Crippen LogP contribution is 2.23. The molecule has 0 spiro atoms. The number of halogens is 2. The highest BCUT2D eigenvalue weighted by atomic mass is 79.9. The summed E-state index contributed by atoms with van der Waals surface area (Å²) in [6.45, 7) is 0.0269. The van der Waals surface area contributed by atoms with Crippen molar-refractivity contribution in [3.63, 3.8) is 0 Å². The Kier molecular flexibility index (Phi) is 5.16. The number of anilines is 2. The van der Waals surface area contributed by atoms with Gasteiger partial charge in [-0.2, -0.15) is 0 Å². The number of hydrogen-bond acceptors (Lipinski definition) is 3. The summed E-state index contributed by atoms with van der Waals surface area (Å²) in [5.41, 5.74) is 1.12. The van der Waals surface area contributed by atoms with E-state index in [1.54, 1.807) is 30.3 Å². The highest BCUT2D eigenvalue weighted by Gasteiger charge is 2.07. The fourth-order valence-electron chi connectivity index (χ4n) is 1.73. The first-order chi connectivity index (χ1) is 10.1. The van der Waals surface area contributed by atoms with Crippen molar-refractivity contribution in [1.82, 2.24) is 0 Å². The smallest absolute Gasteiger partial charge is 0.243 e. The zero-order chi connectivity index (χ0) is 15.2. The molecule has 1 amide bonds. The summed E-state index contributed by atoms with van der Waals surface area (Å²) in [6, 6.07) is 11.7. The van der Waals surface area contributed by atoms with Gasteiger partial charge in [0.2, 0.25) is 5.91 Å². The summed E-state index contributed by atoms with van der Waals surface area (Å²) in [5, 5.41) is 5.58. The first-order valence-corrected chi connectivity index (χ1v) is 7.01. The van der Waals surface area contributed by atoms with E-state index < -0.39 is 0 Å². The number of methoxy groups -OCH3 is 1. The predicted octanol–water partition coefficient (Wildman–Crippen LogP) is 3.65. The molecule has 2 aromatic rings. The van der Waals surface area contributed by atoms with Gasteiger partial charge in [-0.15, -0.1) is 0 Å². The van der Waals surface area contributed by atoms with Crippen LogP contribution in [0.25, 0.3) is 0 Å². The molecule has 0 fully saturated rings. The van der Waals surface area contributed by atoms with Crippen molar-refractivity contribution in [1.29, 1.82) is 0 Å². The molecule has 4 nitrogen and oxygen atoms in total. The van der Waals surface area contributed by atoms with E-state index in [4.69, 9.17) is 4.74 Å². The molecule has 2 N–H and O–H groups in total. The highest BCUT2D eigenvalue weighted by molar-refractivity contribution is 9.10. The van der Waals surface area contributed by atoms with Crippen LogP contribution in [0.4, 0.5) is 15.8 Å². The van der Waals surface area contributed by atoms with Crippen molar-refractivity contribution in [2.45, 2.75) is 0 Å². The third kappa shape index (κ3) is 4.19. The van der Waals surface area contributed by atoms with Gasteiger partial charge in [0.05, 0.1) is 23.8 Å². The Hall–Kier alpha value is -2.08. The molecule has 0 aliphatic heterocycles. The normalized spacial score (nSPS) is 10.0. The van der Waals surface area contributed by atoms with E-state index in [0.717, 1.165) is 0 Å². The van der Waals surface area contributed by atoms with Gasteiger partial charge in [0.15, 0.2) is 0 Å². The molecule has 0 atom stereocenters. The predicted molar refractivity (Wildman–Crippen MR) is 84.2 cm³/mol. The van der Waals surface area contributed by atoms with Crippen LogP contribution in [0, 0.1) is 5.82 Å². The number of hydrogen-bond donors (Lipinski definition) is 2. The van der Waals surface area contributed by atoms with Crippen molar-refractivity contribution in [3.8, 4) is 5.75 Å². The Labute approximate surface area is 130 Å². The largest absolute Gasteiger partial charge is 0.495 e. The Morgan fingerprint density at radius 1 is 1.29 bits per heavy atom. The van der Waals surface area contributed by atoms with Gasteiger partial charge in [0, 0.05) is 5.69 Å². The number of ether oxygens (including phenoxy) is 1. The molecule has 0 unspecified atom stereocenters. The van der Waals surface area contributed by atoms with Crippen molar-refractivity contribution >= 4 is 33.2 Å². The van der Waals surface area contributed by atoms with Crippen LogP contribution in [0.1, 0.15) is 0 Å². The molecule has 21 heavy (non-hydrogen) atoms. The van der Waals surface area contributed by atoms with Crippen molar-refractivity contribution in [2.24, 2.45) is 0 Å². The maximum absolute atomic E-state index is 13.3. The Balaban J connectivity index is 1.94. The summed E-state index contributed by atoms with van der Waals surface area (Å²) >= 11 is 3.07. The molecule has 2 aromatic carbocycles. The van der Waals surface area contributed by atoms with E-state index in [-0.39, 0.29) is 18.3 Å². The minimum atomic E-state index is -0.384. The summed E-state index contributed by atoms with van der Waals surface area (Å²) in [7, 11) is 1.54. The van der Waals surface area contributed by atoms with Crippen LogP contribution in [0.2, 0.25) is 0 Å². The number of nitrogens with one attached hydrogen (secondary N) is 2. The first kappa shape index (κ1) is 15.3. The lowest BCUT2D eigenvalue weighted by Gasteiger charge is -2.11. The number of carbonyl (C=O) groups excluding carboxylic acids is 1. The zero-order valence-electron chi connectivity index (χ0n) is 11.3. The van der Waals surface area contributed by atoms with E-state index in [1.807, 2.05) is 6.07 Å². The second-order valence-corrected chi connectivity index (χ2v) is 5.09. The topological polar surface area (TPSA) is 50.4 Å². The van der Waals surface area contributed by atoms with Crippen molar-refractivity contribution in [3.05, 3.63) is 52.8 Å². The molecular formula is C15H14BrFN2O2. The van der Waals surface area contributed by atoms with E-state index in [9.17, 15) is 9.18 Å². The summed E-state index contributed by atoms with van der Waals surface area (Å²) in [4.78, 5) is 11.9. The number of rotatable bonds is 5. The van der Waals surface area contributed by atoms with Gasteiger partial charge in [-0.05, 0) is 46.3 Å². The number of para-hydroxylation sites is 2. The molecule has 0 heterocycles. The average molecular weight is 353 g/mol. The van der Waals surface area contributed by atoms with Crippen LogP contribution >= 0.6 is 15.9 Å².